The van der Waals surface area contributed by atoms with Crippen LogP contribution in [-0.2, 0) is 4.74 Å². The Kier molecular flexibility index (Phi) is 7.97. The van der Waals surface area contributed by atoms with Crippen molar-refractivity contribution in [1.29, 1.82) is 0 Å². The first kappa shape index (κ1) is 27.5. The summed E-state index contributed by atoms with van der Waals surface area (Å²) >= 11 is 0. The van der Waals surface area contributed by atoms with E-state index in [0.29, 0.717) is 17.0 Å². The molecule has 2 fully saturated rings. The maximum atomic E-state index is 14.9. The zero-order chi connectivity index (χ0) is 28.4. The topological polar surface area (TPSA) is 103 Å². The summed E-state index contributed by atoms with van der Waals surface area (Å²) in [5.41, 5.74) is 8.32. The number of nitrogens with one attached hydrogen (secondary N) is 1. The van der Waals surface area contributed by atoms with Gasteiger partial charge in [0.1, 0.15) is 30.3 Å². The number of hydrogen-bond donors (Lipinski definition) is 2. The van der Waals surface area contributed by atoms with Crippen LogP contribution >= 0.6 is 0 Å². The number of rotatable bonds is 9. The number of ether oxygens (including phenoxy) is 2. The van der Waals surface area contributed by atoms with Gasteiger partial charge in [0, 0.05) is 24.9 Å². The number of nitrogens with two attached hydrogens (primary N) is 1. The van der Waals surface area contributed by atoms with E-state index in [-0.39, 0.29) is 47.3 Å². The normalized spacial score (nSPS) is 18.9. The van der Waals surface area contributed by atoms with Gasteiger partial charge in [-0.2, -0.15) is 0 Å². The molecule has 0 bridgehead atoms. The number of allylic oxidation sites excluding steroid dienone is 1. The van der Waals surface area contributed by atoms with Gasteiger partial charge in [0.05, 0.1) is 17.7 Å². The number of nitrogen functional groups attached to an aromatic ring is 1. The quantitative estimate of drug-likeness (QED) is 0.366. The van der Waals surface area contributed by atoms with Crippen LogP contribution in [0.4, 0.5) is 20.3 Å². The number of carbonyl (C=O) groups is 1. The fourth-order valence-corrected chi connectivity index (χ4v) is 5.22. The standard InChI is InChI=1S/C30H33F2N5O3/c1-4-10-37-11-9-26(39-3)25(37)15-40-28-27(34-16-35-29(28)33)22-13-20(31)14-24(17(22)2)36-30(38)21-8-7-19(12-23(21)32)18-5-6-18/h4,7-8,10,12-14,16,18,25-26H,5-6,9,11,15H2,1-3H3,(H,36,38)(H2,33,34,35)/t25-,26+/m1/s1. The van der Waals surface area contributed by atoms with Gasteiger partial charge in [0.15, 0.2) is 11.6 Å². The van der Waals surface area contributed by atoms with E-state index >= 15 is 0 Å². The highest BCUT2D eigenvalue weighted by molar-refractivity contribution is 6.05. The third-order valence-electron chi connectivity index (χ3n) is 7.56. The van der Waals surface area contributed by atoms with Crippen LogP contribution in [0.25, 0.3) is 11.3 Å². The van der Waals surface area contributed by atoms with Gasteiger partial charge in [0.25, 0.3) is 5.91 Å². The number of amides is 1. The molecule has 2 heterocycles. The molecule has 1 aromatic heterocycles. The Bertz CT molecular complexity index is 1440. The SMILES string of the molecule is CC=CN1CC[C@H](OC)[C@H]1COc1c(N)ncnc1-c1cc(F)cc(NC(=O)c2ccc(C3CC3)cc2F)c1C. The zero-order valence-corrected chi connectivity index (χ0v) is 22.8. The smallest absolute Gasteiger partial charge is 0.258 e. The molecule has 210 valence electrons. The van der Waals surface area contributed by atoms with Gasteiger partial charge in [-0.3, -0.25) is 4.79 Å². The minimum Gasteiger partial charge on any atom is -0.485 e. The number of benzene rings is 2. The molecule has 10 heteroatoms. The van der Waals surface area contributed by atoms with Crippen molar-refractivity contribution in [1.82, 2.24) is 14.9 Å². The highest BCUT2D eigenvalue weighted by Crippen LogP contribution is 2.41. The lowest BCUT2D eigenvalue weighted by Crippen LogP contribution is -2.38. The third kappa shape index (κ3) is 5.62. The maximum absolute atomic E-state index is 14.9. The Balaban J connectivity index is 1.42. The fraction of sp³-hybridized carbons (Fsp3) is 0.367. The first-order valence-electron chi connectivity index (χ1n) is 13.4. The third-order valence-corrected chi connectivity index (χ3v) is 7.56. The summed E-state index contributed by atoms with van der Waals surface area (Å²) in [5.74, 6) is -1.23. The number of carbonyl (C=O) groups excluding carboxylic acids is 1. The van der Waals surface area contributed by atoms with E-state index < -0.39 is 17.5 Å². The molecule has 1 amide bonds. The number of aromatic nitrogens is 2. The summed E-state index contributed by atoms with van der Waals surface area (Å²) in [6.07, 6.45) is 8.08. The van der Waals surface area contributed by atoms with Crippen LogP contribution in [0.3, 0.4) is 0 Å². The molecule has 1 saturated heterocycles. The van der Waals surface area contributed by atoms with Crippen molar-refractivity contribution < 1.29 is 23.0 Å². The molecule has 8 nitrogen and oxygen atoms in total. The summed E-state index contributed by atoms with van der Waals surface area (Å²) in [4.78, 5) is 23.6. The molecule has 1 saturated carbocycles. The lowest BCUT2D eigenvalue weighted by atomic mass is 10.0. The van der Waals surface area contributed by atoms with Crippen molar-refractivity contribution >= 4 is 17.4 Å². The number of likely N-dealkylation sites (tertiary alicyclic amines) is 1. The van der Waals surface area contributed by atoms with Gasteiger partial charge in [-0.15, -0.1) is 0 Å². The highest BCUT2D eigenvalue weighted by atomic mass is 19.1. The van der Waals surface area contributed by atoms with E-state index in [0.717, 1.165) is 31.4 Å². The summed E-state index contributed by atoms with van der Waals surface area (Å²) in [5, 5.41) is 2.66. The Labute approximate surface area is 232 Å². The Morgan fingerprint density at radius 3 is 2.70 bits per heavy atom. The van der Waals surface area contributed by atoms with Crippen LogP contribution in [0.5, 0.6) is 5.75 Å². The first-order valence-corrected chi connectivity index (χ1v) is 13.4. The van der Waals surface area contributed by atoms with Crippen LogP contribution in [0.1, 0.15) is 53.6 Å². The van der Waals surface area contributed by atoms with Gasteiger partial charge < -0.3 is 25.4 Å². The maximum Gasteiger partial charge on any atom is 0.258 e. The number of nitrogens with zero attached hydrogens (tertiary/aromatic N) is 3. The second-order valence-corrected chi connectivity index (χ2v) is 10.2. The highest BCUT2D eigenvalue weighted by Gasteiger charge is 2.34. The van der Waals surface area contributed by atoms with Gasteiger partial charge in [-0.05, 0) is 80.6 Å². The van der Waals surface area contributed by atoms with Crippen LogP contribution in [0.2, 0.25) is 0 Å². The number of halogens is 2. The Morgan fingerprint density at radius 2 is 2.00 bits per heavy atom. The molecule has 5 rings (SSSR count). The van der Waals surface area contributed by atoms with Gasteiger partial charge in [-0.1, -0.05) is 12.1 Å². The van der Waals surface area contributed by atoms with E-state index in [2.05, 4.69) is 20.2 Å². The second-order valence-electron chi connectivity index (χ2n) is 10.2. The Hall–Kier alpha value is -4.05. The average molecular weight is 550 g/mol. The molecule has 1 aliphatic heterocycles. The molecule has 40 heavy (non-hydrogen) atoms. The van der Waals surface area contributed by atoms with Crippen molar-refractivity contribution in [2.45, 2.75) is 51.2 Å². The fourth-order valence-electron chi connectivity index (χ4n) is 5.22. The molecule has 3 aromatic rings. The molecular weight excluding hydrogens is 516 g/mol. The summed E-state index contributed by atoms with van der Waals surface area (Å²) in [6.45, 7) is 4.71. The molecule has 1 aliphatic carbocycles. The number of anilines is 2. The van der Waals surface area contributed by atoms with Gasteiger partial charge in [-0.25, -0.2) is 18.7 Å². The van der Waals surface area contributed by atoms with E-state index in [9.17, 15) is 13.6 Å². The van der Waals surface area contributed by atoms with Crippen molar-refractivity contribution in [3.63, 3.8) is 0 Å². The largest absolute Gasteiger partial charge is 0.485 e. The van der Waals surface area contributed by atoms with E-state index in [1.807, 2.05) is 19.2 Å². The van der Waals surface area contributed by atoms with Crippen molar-refractivity contribution in [3.05, 3.63) is 77.3 Å². The second kappa shape index (κ2) is 11.6. The predicted octanol–water partition coefficient (Wildman–Crippen LogP) is 5.44. The van der Waals surface area contributed by atoms with E-state index in [4.69, 9.17) is 15.2 Å². The van der Waals surface area contributed by atoms with Gasteiger partial charge >= 0.3 is 0 Å². The lowest BCUT2D eigenvalue weighted by molar-refractivity contribution is 0.0545. The van der Waals surface area contributed by atoms with Crippen LogP contribution in [0.15, 0.2) is 48.9 Å². The molecule has 3 N–H and O–H groups in total. The minimum absolute atomic E-state index is 0.0398. The molecule has 2 aliphatic rings. The summed E-state index contributed by atoms with van der Waals surface area (Å²) < 4.78 is 41.5. The molecule has 2 atom stereocenters. The molecule has 0 radical (unpaired) electrons. The molecular formula is C30H33F2N5O3. The molecule has 2 aromatic carbocycles. The van der Waals surface area contributed by atoms with Crippen molar-refractivity contribution in [3.8, 4) is 17.0 Å². The molecule has 0 unspecified atom stereocenters. The van der Waals surface area contributed by atoms with Gasteiger partial charge in [0.2, 0.25) is 0 Å². The number of methoxy groups -OCH3 is 1. The monoisotopic (exact) mass is 549 g/mol. The zero-order valence-electron chi connectivity index (χ0n) is 22.8. The van der Waals surface area contributed by atoms with Crippen LogP contribution in [0, 0.1) is 18.6 Å². The van der Waals surface area contributed by atoms with E-state index in [1.165, 1.54) is 30.6 Å². The van der Waals surface area contributed by atoms with Crippen molar-refractivity contribution in [2.75, 3.05) is 31.3 Å². The minimum atomic E-state index is -0.672. The van der Waals surface area contributed by atoms with E-state index in [1.54, 1.807) is 20.1 Å². The summed E-state index contributed by atoms with van der Waals surface area (Å²) in [7, 11) is 1.67. The average Bonchev–Trinajstić information content (AvgIpc) is 3.71. The Morgan fingerprint density at radius 1 is 1.20 bits per heavy atom. The summed E-state index contributed by atoms with van der Waals surface area (Å²) in [6, 6.07) is 7.05. The van der Waals surface area contributed by atoms with Crippen LogP contribution in [-0.4, -0.2) is 53.2 Å². The first-order chi connectivity index (χ1) is 19.3. The number of hydrogen-bond acceptors (Lipinski definition) is 7. The predicted molar refractivity (Wildman–Crippen MR) is 149 cm³/mol. The molecule has 0 spiro atoms. The van der Waals surface area contributed by atoms with Crippen molar-refractivity contribution in [2.24, 2.45) is 0 Å². The van der Waals surface area contributed by atoms with Crippen LogP contribution < -0.4 is 15.8 Å². The lowest BCUT2D eigenvalue weighted by Gasteiger charge is -2.27.